The highest BCUT2D eigenvalue weighted by Crippen LogP contribution is 2.21. The highest BCUT2D eigenvalue weighted by atomic mass is 79.9. The lowest BCUT2D eigenvalue weighted by Gasteiger charge is -2.06. The van der Waals surface area contributed by atoms with Crippen LogP contribution in [0.1, 0.15) is 12.8 Å². The number of carbonyl (C=O) groups excluding carboxylic acids is 1. The van der Waals surface area contributed by atoms with E-state index in [0.29, 0.717) is 4.47 Å². The molecular weight excluding hydrogens is 349 g/mol. The van der Waals surface area contributed by atoms with Gasteiger partial charge in [0.25, 0.3) is 0 Å². The van der Waals surface area contributed by atoms with Gasteiger partial charge in [0, 0.05) is 10.9 Å². The summed E-state index contributed by atoms with van der Waals surface area (Å²) in [6.45, 7) is 0. The molecule has 8 heteroatoms. The lowest BCUT2D eigenvalue weighted by Crippen LogP contribution is -2.23. The van der Waals surface area contributed by atoms with Crippen molar-refractivity contribution < 1.29 is 26.4 Å². The van der Waals surface area contributed by atoms with E-state index < -0.39 is 34.0 Å². The van der Waals surface area contributed by atoms with Crippen molar-refractivity contribution in [3.05, 3.63) is 28.7 Å². The molecular formula is C11H10BrF3O3S. The van der Waals surface area contributed by atoms with E-state index in [1.807, 2.05) is 0 Å². The molecule has 0 bridgehead atoms. The standard InChI is InChI=1S/C11H10BrF3O3S/c12-8-3-1-4-9(7-8)19(17,18)6-2-5-10(16)11(13,14)15/h1,3-4,7H,2,5-6H2. The third-order valence-electron chi connectivity index (χ3n) is 2.29. The van der Waals surface area contributed by atoms with Gasteiger partial charge >= 0.3 is 6.18 Å². The summed E-state index contributed by atoms with van der Waals surface area (Å²) >= 11 is 3.10. The van der Waals surface area contributed by atoms with E-state index in [0.717, 1.165) is 0 Å². The predicted octanol–water partition coefficient (Wildman–Crippen LogP) is 3.13. The Bertz CT molecular complexity index is 567. The summed E-state index contributed by atoms with van der Waals surface area (Å²) in [5.41, 5.74) is 0. The van der Waals surface area contributed by atoms with Crippen molar-refractivity contribution in [2.45, 2.75) is 23.9 Å². The molecule has 0 fully saturated rings. The minimum absolute atomic E-state index is 0.0151. The van der Waals surface area contributed by atoms with Gasteiger partial charge in [0.1, 0.15) is 0 Å². The minimum Gasteiger partial charge on any atom is -0.290 e. The molecule has 0 heterocycles. The minimum atomic E-state index is -4.90. The molecule has 0 unspecified atom stereocenters. The number of ketones is 1. The fourth-order valence-electron chi connectivity index (χ4n) is 1.34. The third kappa shape index (κ3) is 4.94. The van der Waals surface area contributed by atoms with E-state index >= 15 is 0 Å². The van der Waals surface area contributed by atoms with Crippen LogP contribution in [0.25, 0.3) is 0 Å². The molecule has 0 saturated heterocycles. The lowest BCUT2D eigenvalue weighted by atomic mass is 10.2. The second-order valence-electron chi connectivity index (χ2n) is 3.80. The first-order valence-corrected chi connectivity index (χ1v) is 7.66. The number of carbonyl (C=O) groups is 1. The maximum atomic E-state index is 11.9. The zero-order valence-corrected chi connectivity index (χ0v) is 12.0. The van der Waals surface area contributed by atoms with Gasteiger partial charge in [-0.3, -0.25) is 4.79 Å². The van der Waals surface area contributed by atoms with Crippen LogP contribution in [-0.4, -0.2) is 26.1 Å². The SMILES string of the molecule is O=C(CCCS(=O)(=O)c1cccc(Br)c1)C(F)(F)F. The molecule has 106 valence electrons. The first-order valence-electron chi connectivity index (χ1n) is 5.21. The molecule has 0 radical (unpaired) electrons. The molecule has 0 aliphatic heterocycles. The summed E-state index contributed by atoms with van der Waals surface area (Å²) in [7, 11) is -3.67. The normalized spacial score (nSPS) is 12.4. The number of sulfone groups is 1. The molecule has 0 spiro atoms. The Morgan fingerprint density at radius 3 is 2.42 bits per heavy atom. The molecule has 0 aliphatic rings. The van der Waals surface area contributed by atoms with Gasteiger partial charge in [-0.2, -0.15) is 13.2 Å². The number of alkyl halides is 3. The number of Topliss-reactive ketones (excluding diaryl/α,β-unsaturated/α-hetero) is 1. The second-order valence-corrected chi connectivity index (χ2v) is 6.83. The molecule has 1 aromatic carbocycles. The number of rotatable bonds is 5. The molecule has 3 nitrogen and oxygen atoms in total. The van der Waals surface area contributed by atoms with Gasteiger partial charge in [-0.1, -0.05) is 22.0 Å². The zero-order valence-electron chi connectivity index (χ0n) is 9.58. The summed E-state index contributed by atoms with van der Waals surface area (Å²) in [5, 5.41) is 0. The predicted molar refractivity (Wildman–Crippen MR) is 66.5 cm³/mol. The van der Waals surface area contributed by atoms with Gasteiger partial charge in [0.15, 0.2) is 9.84 Å². The van der Waals surface area contributed by atoms with E-state index in [9.17, 15) is 26.4 Å². The van der Waals surface area contributed by atoms with Gasteiger partial charge in [-0.05, 0) is 24.6 Å². The topological polar surface area (TPSA) is 51.2 Å². The van der Waals surface area contributed by atoms with Crippen molar-refractivity contribution in [3.8, 4) is 0 Å². The van der Waals surface area contributed by atoms with Crippen LogP contribution in [0.5, 0.6) is 0 Å². The molecule has 1 rings (SSSR count). The molecule has 0 aromatic heterocycles. The van der Waals surface area contributed by atoms with E-state index in [1.165, 1.54) is 18.2 Å². The van der Waals surface area contributed by atoms with Gasteiger partial charge in [-0.25, -0.2) is 8.42 Å². The maximum Gasteiger partial charge on any atom is 0.449 e. The maximum absolute atomic E-state index is 11.9. The molecule has 0 atom stereocenters. The van der Waals surface area contributed by atoms with Crippen LogP contribution >= 0.6 is 15.9 Å². The van der Waals surface area contributed by atoms with Crippen LogP contribution in [0.4, 0.5) is 13.2 Å². The van der Waals surface area contributed by atoms with Crippen molar-refractivity contribution in [1.29, 1.82) is 0 Å². The van der Waals surface area contributed by atoms with Crippen molar-refractivity contribution in [1.82, 2.24) is 0 Å². The number of benzene rings is 1. The Balaban J connectivity index is 2.65. The Labute approximate surface area is 116 Å². The summed E-state index contributed by atoms with van der Waals surface area (Å²) in [4.78, 5) is 10.6. The van der Waals surface area contributed by atoms with Crippen molar-refractivity contribution in [3.63, 3.8) is 0 Å². The molecule has 0 N–H and O–H groups in total. The van der Waals surface area contributed by atoms with Crippen LogP contribution in [-0.2, 0) is 14.6 Å². The van der Waals surface area contributed by atoms with Gasteiger partial charge in [-0.15, -0.1) is 0 Å². The van der Waals surface area contributed by atoms with E-state index in [2.05, 4.69) is 15.9 Å². The molecule has 1 aromatic rings. The summed E-state index contributed by atoms with van der Waals surface area (Å²) in [5.74, 6) is -2.40. The molecule has 0 saturated carbocycles. The average molecular weight is 359 g/mol. The van der Waals surface area contributed by atoms with Crippen molar-refractivity contribution in [2.75, 3.05) is 5.75 Å². The number of hydrogen-bond donors (Lipinski definition) is 0. The zero-order chi connectivity index (χ0) is 14.7. The van der Waals surface area contributed by atoms with Gasteiger partial charge in [0.05, 0.1) is 10.6 Å². The smallest absolute Gasteiger partial charge is 0.290 e. The largest absolute Gasteiger partial charge is 0.449 e. The summed E-state index contributed by atoms with van der Waals surface area (Å²) < 4.78 is 60.0. The second kappa shape index (κ2) is 6.04. The molecule has 0 amide bonds. The summed E-state index contributed by atoms with van der Waals surface area (Å²) in [6, 6.07) is 5.86. The Hall–Kier alpha value is -0.890. The van der Waals surface area contributed by atoms with Gasteiger partial charge < -0.3 is 0 Å². The van der Waals surface area contributed by atoms with Crippen LogP contribution in [0.3, 0.4) is 0 Å². The lowest BCUT2D eigenvalue weighted by molar-refractivity contribution is -0.171. The average Bonchev–Trinajstić information content (AvgIpc) is 2.27. The number of halogens is 4. The highest BCUT2D eigenvalue weighted by Gasteiger charge is 2.37. The van der Waals surface area contributed by atoms with Crippen LogP contribution in [0, 0.1) is 0 Å². The van der Waals surface area contributed by atoms with E-state index in [-0.39, 0.29) is 11.3 Å². The van der Waals surface area contributed by atoms with Crippen molar-refractivity contribution >= 4 is 31.6 Å². The van der Waals surface area contributed by atoms with E-state index in [4.69, 9.17) is 0 Å². The van der Waals surface area contributed by atoms with Crippen LogP contribution < -0.4 is 0 Å². The Kier molecular flexibility index (Phi) is 5.14. The molecule has 19 heavy (non-hydrogen) atoms. The number of hydrogen-bond acceptors (Lipinski definition) is 3. The van der Waals surface area contributed by atoms with Gasteiger partial charge in [0.2, 0.25) is 5.78 Å². The monoisotopic (exact) mass is 358 g/mol. The van der Waals surface area contributed by atoms with E-state index in [1.54, 1.807) is 6.07 Å². The first kappa shape index (κ1) is 16.2. The van der Waals surface area contributed by atoms with Crippen molar-refractivity contribution in [2.24, 2.45) is 0 Å². The fraction of sp³-hybridized carbons (Fsp3) is 0.364. The third-order valence-corrected chi connectivity index (χ3v) is 4.58. The Morgan fingerprint density at radius 2 is 1.89 bits per heavy atom. The molecule has 0 aliphatic carbocycles. The quantitative estimate of drug-likeness (QED) is 0.812. The summed E-state index contributed by atoms with van der Waals surface area (Å²) in [6.07, 6.45) is -6.08. The van der Waals surface area contributed by atoms with Crippen LogP contribution in [0.2, 0.25) is 0 Å². The highest BCUT2D eigenvalue weighted by molar-refractivity contribution is 9.10. The fourth-order valence-corrected chi connectivity index (χ4v) is 3.25. The Morgan fingerprint density at radius 1 is 1.26 bits per heavy atom. The first-order chi connectivity index (χ1) is 8.63. The van der Waals surface area contributed by atoms with Crippen LogP contribution in [0.15, 0.2) is 33.6 Å².